The largest absolute Gasteiger partial charge is 0.490 e. The Balaban J connectivity index is 1.70. The second-order valence-electron chi connectivity index (χ2n) is 4.59. The van der Waals surface area contributed by atoms with Crippen molar-refractivity contribution in [2.75, 3.05) is 18.5 Å². The fraction of sp³-hybridized carbons (Fsp3) is 0.250. The van der Waals surface area contributed by atoms with E-state index in [1.54, 1.807) is 0 Å². The predicted molar refractivity (Wildman–Crippen MR) is 74.3 cm³/mol. The van der Waals surface area contributed by atoms with Crippen LogP contribution < -0.4 is 10.1 Å². The second kappa shape index (κ2) is 5.13. The number of benzene rings is 2. The predicted octanol–water partition coefficient (Wildman–Crippen LogP) is 3.28. The van der Waals surface area contributed by atoms with Gasteiger partial charge in [-0.05, 0) is 36.1 Å². The molecule has 0 saturated heterocycles. The van der Waals surface area contributed by atoms with Crippen molar-refractivity contribution < 1.29 is 4.74 Å². The maximum Gasteiger partial charge on any atom is 0.142 e. The van der Waals surface area contributed by atoms with Gasteiger partial charge in [-0.2, -0.15) is 0 Å². The quantitative estimate of drug-likeness (QED) is 0.887. The average Bonchev–Trinajstić information content (AvgIpc) is 2.46. The molecule has 2 heteroatoms. The van der Waals surface area contributed by atoms with Gasteiger partial charge in [-0.15, -0.1) is 0 Å². The number of hydrogen-bond acceptors (Lipinski definition) is 2. The van der Waals surface area contributed by atoms with Gasteiger partial charge in [-0.3, -0.25) is 0 Å². The monoisotopic (exact) mass is 239 g/mol. The Morgan fingerprint density at radius 1 is 0.944 bits per heavy atom. The molecule has 2 aromatic carbocycles. The molecule has 0 aromatic heterocycles. The highest BCUT2D eigenvalue weighted by atomic mass is 16.5. The number of rotatable bonds is 3. The molecule has 1 heterocycles. The molecule has 0 radical (unpaired) electrons. The van der Waals surface area contributed by atoms with E-state index in [1.807, 2.05) is 0 Å². The normalized spacial score (nSPS) is 13.3. The van der Waals surface area contributed by atoms with Crippen molar-refractivity contribution in [3.63, 3.8) is 0 Å². The van der Waals surface area contributed by atoms with E-state index in [9.17, 15) is 0 Å². The first kappa shape index (κ1) is 11.1. The maximum absolute atomic E-state index is 5.65. The molecule has 0 fully saturated rings. The third-order valence-electron chi connectivity index (χ3n) is 3.27. The van der Waals surface area contributed by atoms with Crippen LogP contribution in [-0.4, -0.2) is 13.2 Å². The fourth-order valence-electron chi connectivity index (χ4n) is 2.27. The van der Waals surface area contributed by atoms with E-state index in [2.05, 4.69) is 53.8 Å². The standard InChI is InChI=1S/C16H17NO/c1-2-4-13(5-3-1)6-7-14-8-9-15-16(12-14)18-11-10-17-15/h1-5,8-9,12,17H,6-7,10-11H2. The Bertz CT molecular complexity index is 522. The molecule has 0 amide bonds. The lowest BCUT2D eigenvalue weighted by Crippen LogP contribution is -2.18. The number of fused-ring (bicyclic) bond motifs is 1. The summed E-state index contributed by atoms with van der Waals surface area (Å²) in [4.78, 5) is 0. The van der Waals surface area contributed by atoms with Gasteiger partial charge in [0, 0.05) is 6.54 Å². The second-order valence-corrected chi connectivity index (χ2v) is 4.59. The Kier molecular flexibility index (Phi) is 3.18. The number of anilines is 1. The van der Waals surface area contributed by atoms with E-state index in [4.69, 9.17) is 4.74 Å². The van der Waals surface area contributed by atoms with E-state index in [1.165, 1.54) is 11.1 Å². The summed E-state index contributed by atoms with van der Waals surface area (Å²) in [6, 6.07) is 17.1. The van der Waals surface area contributed by atoms with E-state index in [-0.39, 0.29) is 0 Å². The first-order valence-corrected chi connectivity index (χ1v) is 6.45. The molecule has 0 aliphatic carbocycles. The van der Waals surface area contributed by atoms with Crippen LogP contribution >= 0.6 is 0 Å². The number of ether oxygens (including phenoxy) is 1. The van der Waals surface area contributed by atoms with Gasteiger partial charge in [-0.1, -0.05) is 36.4 Å². The molecular formula is C16H17NO. The molecule has 3 rings (SSSR count). The van der Waals surface area contributed by atoms with Crippen LogP contribution in [0.3, 0.4) is 0 Å². The van der Waals surface area contributed by atoms with Gasteiger partial charge in [0.25, 0.3) is 0 Å². The summed E-state index contributed by atoms with van der Waals surface area (Å²) in [6.45, 7) is 1.66. The zero-order chi connectivity index (χ0) is 12.2. The van der Waals surface area contributed by atoms with Crippen LogP contribution in [0, 0.1) is 0 Å². The molecule has 1 aliphatic rings. The topological polar surface area (TPSA) is 21.3 Å². The lowest BCUT2D eigenvalue weighted by Gasteiger charge is -2.19. The third kappa shape index (κ3) is 2.48. The Labute approximate surface area is 108 Å². The van der Waals surface area contributed by atoms with Gasteiger partial charge in [0.05, 0.1) is 5.69 Å². The van der Waals surface area contributed by atoms with E-state index < -0.39 is 0 Å². The molecule has 0 bridgehead atoms. The zero-order valence-electron chi connectivity index (χ0n) is 10.4. The summed E-state index contributed by atoms with van der Waals surface area (Å²) in [5.41, 5.74) is 3.83. The molecule has 0 saturated carbocycles. The molecule has 2 aromatic rings. The van der Waals surface area contributed by atoms with Gasteiger partial charge >= 0.3 is 0 Å². The van der Waals surface area contributed by atoms with Crippen LogP contribution in [0.5, 0.6) is 5.75 Å². The zero-order valence-corrected chi connectivity index (χ0v) is 10.4. The highest BCUT2D eigenvalue weighted by Gasteiger charge is 2.09. The van der Waals surface area contributed by atoms with Crippen LogP contribution in [0.4, 0.5) is 5.69 Å². The summed E-state index contributed by atoms with van der Waals surface area (Å²) in [7, 11) is 0. The van der Waals surface area contributed by atoms with E-state index in [0.717, 1.165) is 37.4 Å². The number of hydrogen-bond donors (Lipinski definition) is 1. The maximum atomic E-state index is 5.65. The molecule has 0 spiro atoms. The summed E-state index contributed by atoms with van der Waals surface area (Å²) in [6.07, 6.45) is 2.13. The van der Waals surface area contributed by atoms with Crippen LogP contribution in [0.25, 0.3) is 0 Å². The highest BCUT2D eigenvalue weighted by molar-refractivity contribution is 5.59. The molecule has 92 valence electrons. The lowest BCUT2D eigenvalue weighted by atomic mass is 10.0. The molecule has 0 atom stereocenters. The minimum Gasteiger partial charge on any atom is -0.490 e. The van der Waals surface area contributed by atoms with E-state index in [0.29, 0.717) is 0 Å². The minimum absolute atomic E-state index is 0.759. The van der Waals surface area contributed by atoms with Gasteiger partial charge < -0.3 is 10.1 Å². The van der Waals surface area contributed by atoms with Crippen molar-refractivity contribution in [1.82, 2.24) is 0 Å². The summed E-state index contributed by atoms with van der Waals surface area (Å²) in [5.74, 6) is 0.992. The summed E-state index contributed by atoms with van der Waals surface area (Å²) in [5, 5.41) is 3.34. The minimum atomic E-state index is 0.759. The Morgan fingerprint density at radius 3 is 2.67 bits per heavy atom. The van der Waals surface area contributed by atoms with Gasteiger partial charge in [0.15, 0.2) is 0 Å². The first-order valence-electron chi connectivity index (χ1n) is 6.45. The van der Waals surface area contributed by atoms with Crippen molar-refractivity contribution in [1.29, 1.82) is 0 Å². The smallest absolute Gasteiger partial charge is 0.142 e. The van der Waals surface area contributed by atoms with Crippen molar-refractivity contribution in [3.8, 4) is 5.75 Å². The van der Waals surface area contributed by atoms with Crippen molar-refractivity contribution >= 4 is 5.69 Å². The van der Waals surface area contributed by atoms with Gasteiger partial charge in [0.1, 0.15) is 12.4 Å². The molecular weight excluding hydrogens is 222 g/mol. The van der Waals surface area contributed by atoms with Crippen molar-refractivity contribution in [2.24, 2.45) is 0 Å². The van der Waals surface area contributed by atoms with Crippen molar-refractivity contribution in [2.45, 2.75) is 12.8 Å². The lowest BCUT2D eigenvalue weighted by molar-refractivity contribution is 0.323. The third-order valence-corrected chi connectivity index (χ3v) is 3.27. The summed E-state index contributed by atoms with van der Waals surface area (Å²) < 4.78 is 5.65. The number of aryl methyl sites for hydroxylation is 2. The summed E-state index contributed by atoms with van der Waals surface area (Å²) >= 11 is 0. The van der Waals surface area contributed by atoms with Crippen molar-refractivity contribution in [3.05, 3.63) is 59.7 Å². The van der Waals surface area contributed by atoms with Gasteiger partial charge in [0.2, 0.25) is 0 Å². The highest BCUT2D eigenvalue weighted by Crippen LogP contribution is 2.28. The van der Waals surface area contributed by atoms with Crippen LogP contribution in [-0.2, 0) is 12.8 Å². The molecule has 1 aliphatic heterocycles. The number of nitrogens with one attached hydrogen (secondary N) is 1. The first-order chi connectivity index (χ1) is 8.92. The van der Waals surface area contributed by atoms with E-state index >= 15 is 0 Å². The van der Waals surface area contributed by atoms with Crippen LogP contribution in [0.15, 0.2) is 48.5 Å². The molecule has 0 unspecified atom stereocenters. The fourth-order valence-corrected chi connectivity index (χ4v) is 2.27. The Morgan fingerprint density at radius 2 is 1.78 bits per heavy atom. The van der Waals surface area contributed by atoms with Crippen LogP contribution in [0.2, 0.25) is 0 Å². The van der Waals surface area contributed by atoms with Gasteiger partial charge in [-0.25, -0.2) is 0 Å². The Hall–Kier alpha value is -1.96. The molecule has 1 N–H and O–H groups in total. The molecule has 2 nitrogen and oxygen atoms in total. The molecule has 18 heavy (non-hydrogen) atoms. The average molecular weight is 239 g/mol. The SMILES string of the molecule is c1ccc(CCc2ccc3c(c2)OCCN3)cc1. The van der Waals surface area contributed by atoms with Crippen LogP contribution in [0.1, 0.15) is 11.1 Å².